The van der Waals surface area contributed by atoms with E-state index in [0.29, 0.717) is 19.3 Å². The molecule has 200 valence electrons. The monoisotopic (exact) mass is 512 g/mol. The molecule has 1 aromatic rings. The number of rotatable bonds is 22. The van der Waals surface area contributed by atoms with E-state index in [1.54, 1.807) is 12.5 Å². The van der Waals surface area contributed by atoms with Crippen LogP contribution in [0.15, 0.2) is 24.7 Å². The minimum absolute atomic E-state index is 0. The second-order valence-corrected chi connectivity index (χ2v) is 9.81. The van der Waals surface area contributed by atoms with Crippen molar-refractivity contribution < 1.29 is 49.0 Å². The zero-order chi connectivity index (χ0) is 25.7. The molecule has 2 atom stereocenters. The van der Waals surface area contributed by atoms with Crippen LogP contribution in [-0.2, 0) is 27.8 Å². The van der Waals surface area contributed by atoms with Gasteiger partial charge in [-0.3, -0.25) is 4.79 Å². The SMILES string of the molecule is CCCCCCCC/C=C\CCCCCCCC(=O)OCC(Cc1cncn1C)C(CC)C(=O)[O-].[Na+]. The Morgan fingerprint density at radius 2 is 1.56 bits per heavy atom. The Labute approximate surface area is 242 Å². The van der Waals surface area contributed by atoms with Crippen molar-refractivity contribution in [1.82, 2.24) is 9.55 Å². The molecule has 0 N–H and O–H groups in total. The molecule has 0 radical (unpaired) electrons. The van der Waals surface area contributed by atoms with E-state index in [9.17, 15) is 14.7 Å². The van der Waals surface area contributed by atoms with Gasteiger partial charge in [0.2, 0.25) is 0 Å². The summed E-state index contributed by atoms with van der Waals surface area (Å²) >= 11 is 0. The number of hydrogen-bond donors (Lipinski definition) is 0. The van der Waals surface area contributed by atoms with Crippen LogP contribution in [0.5, 0.6) is 0 Å². The molecule has 6 nitrogen and oxygen atoms in total. The van der Waals surface area contributed by atoms with Crippen molar-refractivity contribution in [3.63, 3.8) is 0 Å². The van der Waals surface area contributed by atoms with E-state index in [1.165, 1.54) is 57.8 Å². The van der Waals surface area contributed by atoms with Crippen molar-refractivity contribution in [2.75, 3.05) is 6.61 Å². The van der Waals surface area contributed by atoms with E-state index in [0.717, 1.165) is 31.4 Å². The topological polar surface area (TPSA) is 84.2 Å². The normalized spacial score (nSPS) is 12.9. The van der Waals surface area contributed by atoms with E-state index >= 15 is 0 Å². The number of allylic oxidation sites excluding steroid dienone is 2. The van der Waals surface area contributed by atoms with E-state index in [-0.39, 0.29) is 48.1 Å². The molecule has 1 aromatic heterocycles. The van der Waals surface area contributed by atoms with Crippen molar-refractivity contribution in [2.24, 2.45) is 18.9 Å². The summed E-state index contributed by atoms with van der Waals surface area (Å²) in [5.41, 5.74) is 0.919. The number of esters is 1. The Bertz CT molecular complexity index is 720. The second-order valence-electron chi connectivity index (χ2n) is 9.81. The number of imidazole rings is 1. The first-order valence-corrected chi connectivity index (χ1v) is 14.0. The summed E-state index contributed by atoms with van der Waals surface area (Å²) in [5, 5.41) is 11.6. The van der Waals surface area contributed by atoms with Gasteiger partial charge in [-0.05, 0) is 44.9 Å². The third-order valence-corrected chi connectivity index (χ3v) is 6.80. The Morgan fingerprint density at radius 1 is 0.972 bits per heavy atom. The average Bonchev–Trinajstić information content (AvgIpc) is 3.24. The molecular weight excluding hydrogens is 463 g/mol. The first-order chi connectivity index (χ1) is 17.0. The molecule has 0 saturated heterocycles. The van der Waals surface area contributed by atoms with Gasteiger partial charge in [-0.2, -0.15) is 0 Å². The van der Waals surface area contributed by atoms with E-state index in [4.69, 9.17) is 4.74 Å². The fourth-order valence-corrected chi connectivity index (χ4v) is 4.47. The van der Waals surface area contributed by atoms with Gasteiger partial charge in [-0.25, -0.2) is 4.98 Å². The number of carbonyl (C=O) groups excluding carboxylic acids is 2. The van der Waals surface area contributed by atoms with Crippen LogP contribution in [0.3, 0.4) is 0 Å². The summed E-state index contributed by atoms with van der Waals surface area (Å²) in [4.78, 5) is 27.9. The molecule has 0 amide bonds. The van der Waals surface area contributed by atoms with Crippen LogP contribution in [0.25, 0.3) is 0 Å². The van der Waals surface area contributed by atoms with E-state index in [2.05, 4.69) is 24.1 Å². The van der Waals surface area contributed by atoms with Crippen molar-refractivity contribution in [3.05, 3.63) is 30.4 Å². The van der Waals surface area contributed by atoms with Crippen LogP contribution in [0.2, 0.25) is 0 Å². The largest absolute Gasteiger partial charge is 1.00 e. The predicted molar refractivity (Wildman–Crippen MR) is 140 cm³/mol. The number of unbranched alkanes of at least 4 members (excludes halogenated alkanes) is 11. The van der Waals surface area contributed by atoms with Crippen molar-refractivity contribution >= 4 is 11.9 Å². The standard InChI is InChI=1S/C29H50N2O4.Na/c1-4-6-7-8-9-10-11-12-13-14-15-16-17-18-19-20-28(32)35-23-25(27(5-2)29(33)34)21-26-22-30-24-31(26)3;/h12-13,22,24-25,27H,4-11,14-21,23H2,1-3H3,(H,33,34);/q;+1/p-1/b13-12-;. The molecule has 0 aliphatic heterocycles. The molecule has 2 unspecified atom stereocenters. The molecular formula is C29H49N2NaO4. The number of carboxylic acids is 1. The third kappa shape index (κ3) is 16.6. The molecule has 1 rings (SSSR count). The zero-order valence-electron chi connectivity index (χ0n) is 23.5. The van der Waals surface area contributed by atoms with Gasteiger partial charge in [-0.1, -0.05) is 77.4 Å². The molecule has 36 heavy (non-hydrogen) atoms. The molecule has 0 aliphatic carbocycles. The van der Waals surface area contributed by atoms with Crippen LogP contribution < -0.4 is 34.7 Å². The van der Waals surface area contributed by atoms with E-state index < -0.39 is 11.9 Å². The average molecular weight is 513 g/mol. The van der Waals surface area contributed by atoms with Gasteiger partial charge in [0.15, 0.2) is 0 Å². The Morgan fingerprint density at radius 3 is 2.08 bits per heavy atom. The summed E-state index contributed by atoms with van der Waals surface area (Å²) in [5.74, 6) is -2.31. The van der Waals surface area contributed by atoms with Crippen LogP contribution in [0, 0.1) is 11.8 Å². The Balaban J connectivity index is 0.0000122. The van der Waals surface area contributed by atoms with E-state index in [1.807, 2.05) is 18.5 Å². The number of nitrogens with zero attached hydrogens (tertiary/aromatic N) is 2. The van der Waals surface area contributed by atoms with Crippen molar-refractivity contribution in [3.8, 4) is 0 Å². The maximum Gasteiger partial charge on any atom is 1.00 e. The summed E-state index contributed by atoms with van der Waals surface area (Å²) in [6.07, 6.45) is 25.2. The number of hydrogen-bond acceptors (Lipinski definition) is 5. The first-order valence-electron chi connectivity index (χ1n) is 14.0. The minimum atomic E-state index is -1.09. The number of carbonyl (C=O) groups is 2. The maximum atomic E-state index is 12.2. The molecule has 0 aliphatic rings. The van der Waals surface area contributed by atoms with Gasteiger partial charge in [0, 0.05) is 43.2 Å². The van der Waals surface area contributed by atoms with Gasteiger partial charge in [0.05, 0.1) is 12.9 Å². The van der Waals surface area contributed by atoms with Gasteiger partial charge in [-0.15, -0.1) is 0 Å². The smallest absolute Gasteiger partial charge is 0.550 e. The third-order valence-electron chi connectivity index (χ3n) is 6.80. The molecule has 7 heteroatoms. The number of ether oxygens (including phenoxy) is 1. The first kappa shape index (κ1) is 34.9. The minimum Gasteiger partial charge on any atom is -0.550 e. The molecule has 0 bridgehead atoms. The van der Waals surface area contributed by atoms with Crippen LogP contribution >= 0.6 is 0 Å². The number of aryl methyl sites for hydroxylation is 1. The van der Waals surface area contributed by atoms with Crippen LogP contribution in [0.1, 0.15) is 116 Å². The van der Waals surface area contributed by atoms with Gasteiger partial charge in [0.25, 0.3) is 0 Å². The molecule has 0 fully saturated rings. The van der Waals surface area contributed by atoms with Crippen LogP contribution in [0.4, 0.5) is 0 Å². The van der Waals surface area contributed by atoms with Gasteiger partial charge < -0.3 is 19.2 Å². The summed E-state index contributed by atoms with van der Waals surface area (Å²) in [6.45, 7) is 4.18. The second kappa shape index (κ2) is 23.0. The summed E-state index contributed by atoms with van der Waals surface area (Å²) < 4.78 is 7.34. The molecule has 1 heterocycles. The number of aliphatic carboxylic acids is 1. The number of carboxylic acid groups (broad SMARTS) is 1. The zero-order valence-corrected chi connectivity index (χ0v) is 25.5. The Hall–Kier alpha value is -1.11. The fourth-order valence-electron chi connectivity index (χ4n) is 4.47. The van der Waals surface area contributed by atoms with Crippen molar-refractivity contribution in [1.29, 1.82) is 0 Å². The van der Waals surface area contributed by atoms with Gasteiger partial charge in [0.1, 0.15) is 0 Å². The van der Waals surface area contributed by atoms with Crippen molar-refractivity contribution in [2.45, 2.75) is 117 Å². The quantitative estimate of drug-likeness (QED) is 0.103. The number of aromatic nitrogens is 2. The molecule has 0 saturated carbocycles. The Kier molecular flexibility index (Phi) is 22.3. The summed E-state index contributed by atoms with van der Waals surface area (Å²) in [7, 11) is 1.87. The fraction of sp³-hybridized carbons (Fsp3) is 0.759. The van der Waals surface area contributed by atoms with Crippen LogP contribution in [-0.4, -0.2) is 28.1 Å². The van der Waals surface area contributed by atoms with Gasteiger partial charge >= 0.3 is 35.5 Å². The predicted octanol–water partition coefficient (Wildman–Crippen LogP) is 2.94. The molecule has 0 aromatic carbocycles. The molecule has 0 spiro atoms. The maximum absolute atomic E-state index is 12.2. The summed E-state index contributed by atoms with van der Waals surface area (Å²) in [6, 6.07) is 0.